The van der Waals surface area contributed by atoms with Crippen molar-refractivity contribution in [3.05, 3.63) is 29.3 Å². The molecule has 2 N–H and O–H groups in total. The fourth-order valence-electron chi connectivity index (χ4n) is 3.01. The van der Waals surface area contributed by atoms with Gasteiger partial charge in [0.2, 0.25) is 11.8 Å². The topological polar surface area (TPSA) is 61.4 Å². The fourth-order valence-corrected chi connectivity index (χ4v) is 3.01. The van der Waals surface area contributed by atoms with Gasteiger partial charge in [-0.15, -0.1) is 0 Å². The number of carbonyl (C=O) groups is 2. The van der Waals surface area contributed by atoms with Crippen LogP contribution in [-0.4, -0.2) is 42.9 Å². The van der Waals surface area contributed by atoms with Crippen LogP contribution in [-0.2, 0) is 9.59 Å². The van der Waals surface area contributed by atoms with Gasteiger partial charge in [-0.05, 0) is 56.5 Å². The molecule has 126 valence electrons. The van der Waals surface area contributed by atoms with Crippen molar-refractivity contribution < 1.29 is 9.59 Å². The summed E-state index contributed by atoms with van der Waals surface area (Å²) in [6.07, 6.45) is 3.44. The van der Waals surface area contributed by atoms with Crippen LogP contribution in [0.3, 0.4) is 0 Å². The first kappa shape index (κ1) is 17.5. The second-order valence-corrected chi connectivity index (χ2v) is 6.26. The first-order valence-electron chi connectivity index (χ1n) is 8.34. The van der Waals surface area contributed by atoms with Crippen LogP contribution >= 0.6 is 0 Å². The summed E-state index contributed by atoms with van der Waals surface area (Å²) >= 11 is 0. The molecule has 0 radical (unpaired) electrons. The maximum atomic E-state index is 12.2. The first-order chi connectivity index (χ1) is 11.0. The molecule has 0 spiro atoms. The average Bonchev–Trinajstić information content (AvgIpc) is 2.56. The molecule has 1 saturated heterocycles. The molecular weight excluding hydrogens is 290 g/mol. The van der Waals surface area contributed by atoms with Gasteiger partial charge in [-0.25, -0.2) is 0 Å². The quantitative estimate of drug-likeness (QED) is 0.875. The van der Waals surface area contributed by atoms with Crippen molar-refractivity contribution in [3.63, 3.8) is 0 Å². The van der Waals surface area contributed by atoms with E-state index in [1.807, 2.05) is 25.1 Å². The van der Waals surface area contributed by atoms with Gasteiger partial charge in [0.05, 0.1) is 6.04 Å². The van der Waals surface area contributed by atoms with E-state index in [0.29, 0.717) is 13.0 Å². The van der Waals surface area contributed by atoms with E-state index in [4.69, 9.17) is 0 Å². The van der Waals surface area contributed by atoms with Gasteiger partial charge in [-0.3, -0.25) is 14.5 Å². The zero-order chi connectivity index (χ0) is 16.8. The van der Waals surface area contributed by atoms with Crippen LogP contribution in [0.25, 0.3) is 0 Å². The Balaban J connectivity index is 1.87. The molecule has 2 rings (SSSR count). The standard InChI is InChI=1S/C18H27N3O2/c1-13-7-8-15(12-14(13)2)20-17(22)9-11-21-10-5-4-6-16(21)18(23)19-3/h7-8,12,16H,4-6,9-11H2,1-3H3,(H,19,23)(H,20,22)/t16-/m1/s1. The molecule has 0 bridgehead atoms. The van der Waals surface area contributed by atoms with E-state index < -0.39 is 0 Å². The Hall–Kier alpha value is -1.88. The van der Waals surface area contributed by atoms with Crippen molar-refractivity contribution in [1.82, 2.24) is 10.2 Å². The van der Waals surface area contributed by atoms with Crippen LogP contribution in [0.1, 0.15) is 36.8 Å². The fraction of sp³-hybridized carbons (Fsp3) is 0.556. The van der Waals surface area contributed by atoms with Crippen LogP contribution in [0, 0.1) is 13.8 Å². The molecule has 0 aliphatic carbocycles. The van der Waals surface area contributed by atoms with Gasteiger partial charge in [0.25, 0.3) is 0 Å². The Kier molecular flexibility index (Phi) is 6.16. The molecule has 0 unspecified atom stereocenters. The van der Waals surface area contributed by atoms with Crippen molar-refractivity contribution in [2.75, 3.05) is 25.5 Å². The summed E-state index contributed by atoms with van der Waals surface area (Å²) in [4.78, 5) is 26.2. The maximum absolute atomic E-state index is 12.2. The van der Waals surface area contributed by atoms with Crippen molar-refractivity contribution >= 4 is 17.5 Å². The molecule has 1 aromatic rings. The van der Waals surface area contributed by atoms with Crippen LogP contribution in [0.5, 0.6) is 0 Å². The number of hydrogen-bond acceptors (Lipinski definition) is 3. The van der Waals surface area contributed by atoms with Gasteiger partial charge in [0.1, 0.15) is 0 Å². The molecule has 5 nitrogen and oxygen atoms in total. The van der Waals surface area contributed by atoms with Crippen LogP contribution in [0.2, 0.25) is 0 Å². The molecule has 0 saturated carbocycles. The smallest absolute Gasteiger partial charge is 0.237 e. The van der Waals surface area contributed by atoms with E-state index in [1.54, 1.807) is 7.05 Å². The summed E-state index contributed by atoms with van der Waals surface area (Å²) in [5, 5.41) is 5.66. The normalized spacial score (nSPS) is 18.5. The van der Waals surface area contributed by atoms with Gasteiger partial charge >= 0.3 is 0 Å². The number of carbonyl (C=O) groups excluding carboxylic acids is 2. The monoisotopic (exact) mass is 317 g/mol. The number of likely N-dealkylation sites (N-methyl/N-ethyl adjacent to an activating group) is 1. The minimum absolute atomic E-state index is 0.00511. The molecule has 1 heterocycles. The van der Waals surface area contributed by atoms with Gasteiger partial charge in [0.15, 0.2) is 0 Å². The highest BCUT2D eigenvalue weighted by Crippen LogP contribution is 2.18. The van der Waals surface area contributed by atoms with Crippen molar-refractivity contribution in [2.24, 2.45) is 0 Å². The maximum Gasteiger partial charge on any atom is 0.237 e. The van der Waals surface area contributed by atoms with Crippen LogP contribution in [0.4, 0.5) is 5.69 Å². The summed E-state index contributed by atoms with van der Waals surface area (Å²) in [6.45, 7) is 5.59. The van der Waals surface area contributed by atoms with Crippen molar-refractivity contribution in [1.29, 1.82) is 0 Å². The third kappa shape index (κ3) is 4.79. The van der Waals surface area contributed by atoms with E-state index in [1.165, 1.54) is 11.1 Å². The van der Waals surface area contributed by atoms with Crippen LogP contribution in [0.15, 0.2) is 18.2 Å². The third-order valence-electron chi connectivity index (χ3n) is 4.58. The van der Waals surface area contributed by atoms with E-state index in [9.17, 15) is 9.59 Å². The van der Waals surface area contributed by atoms with Gasteiger partial charge in [0, 0.05) is 25.7 Å². The lowest BCUT2D eigenvalue weighted by molar-refractivity contribution is -0.128. The average molecular weight is 317 g/mol. The molecular formula is C18H27N3O2. The summed E-state index contributed by atoms with van der Waals surface area (Å²) in [6, 6.07) is 5.83. The van der Waals surface area contributed by atoms with E-state index in [2.05, 4.69) is 22.5 Å². The minimum atomic E-state index is -0.0943. The Morgan fingerprint density at radius 3 is 2.70 bits per heavy atom. The molecule has 1 atom stereocenters. The van der Waals surface area contributed by atoms with E-state index >= 15 is 0 Å². The Labute approximate surface area is 138 Å². The lowest BCUT2D eigenvalue weighted by Crippen LogP contribution is -2.49. The zero-order valence-electron chi connectivity index (χ0n) is 14.3. The molecule has 1 aromatic carbocycles. The minimum Gasteiger partial charge on any atom is -0.358 e. The summed E-state index contributed by atoms with van der Waals surface area (Å²) in [7, 11) is 1.67. The highest BCUT2D eigenvalue weighted by atomic mass is 16.2. The summed E-state index contributed by atoms with van der Waals surface area (Å²) in [5.74, 6) is 0.0498. The van der Waals surface area contributed by atoms with Crippen LogP contribution < -0.4 is 10.6 Å². The summed E-state index contributed by atoms with van der Waals surface area (Å²) in [5.41, 5.74) is 3.21. The number of aryl methyl sites for hydroxylation is 2. The molecule has 23 heavy (non-hydrogen) atoms. The Bertz CT molecular complexity index is 571. The number of likely N-dealkylation sites (tertiary alicyclic amines) is 1. The van der Waals surface area contributed by atoms with Gasteiger partial charge in [-0.1, -0.05) is 12.5 Å². The second kappa shape index (κ2) is 8.11. The molecule has 1 aliphatic heterocycles. The molecule has 0 aromatic heterocycles. The van der Waals surface area contributed by atoms with E-state index in [-0.39, 0.29) is 17.9 Å². The second-order valence-electron chi connectivity index (χ2n) is 6.26. The van der Waals surface area contributed by atoms with Crippen molar-refractivity contribution in [3.8, 4) is 0 Å². The molecule has 1 fully saturated rings. The number of piperidine rings is 1. The molecule has 2 amide bonds. The number of hydrogen-bond donors (Lipinski definition) is 2. The SMILES string of the molecule is CNC(=O)[C@H]1CCCCN1CCC(=O)Nc1ccc(C)c(C)c1. The number of nitrogens with zero attached hydrogens (tertiary/aromatic N) is 1. The van der Waals surface area contributed by atoms with Crippen molar-refractivity contribution in [2.45, 2.75) is 45.6 Å². The number of benzene rings is 1. The third-order valence-corrected chi connectivity index (χ3v) is 4.58. The lowest BCUT2D eigenvalue weighted by Gasteiger charge is -2.34. The largest absolute Gasteiger partial charge is 0.358 e. The highest BCUT2D eigenvalue weighted by molar-refractivity contribution is 5.91. The number of rotatable bonds is 5. The highest BCUT2D eigenvalue weighted by Gasteiger charge is 2.27. The predicted octanol–water partition coefficient (Wildman–Crippen LogP) is 2.23. The van der Waals surface area contributed by atoms with Gasteiger partial charge in [-0.2, -0.15) is 0 Å². The Morgan fingerprint density at radius 1 is 1.22 bits per heavy atom. The Morgan fingerprint density at radius 2 is 2.00 bits per heavy atom. The number of anilines is 1. The first-order valence-corrected chi connectivity index (χ1v) is 8.34. The number of nitrogens with one attached hydrogen (secondary N) is 2. The molecule has 5 heteroatoms. The van der Waals surface area contributed by atoms with Gasteiger partial charge < -0.3 is 10.6 Å². The predicted molar refractivity (Wildman–Crippen MR) is 92.4 cm³/mol. The number of amides is 2. The molecule has 1 aliphatic rings. The lowest BCUT2D eigenvalue weighted by atomic mass is 10.0. The zero-order valence-corrected chi connectivity index (χ0v) is 14.3. The summed E-state index contributed by atoms with van der Waals surface area (Å²) < 4.78 is 0. The van der Waals surface area contributed by atoms with E-state index in [0.717, 1.165) is 31.5 Å².